The molecule has 0 aliphatic carbocycles. The first-order valence-electron chi connectivity index (χ1n) is 5.62. The van der Waals surface area contributed by atoms with Crippen molar-refractivity contribution < 1.29 is 0 Å². The third kappa shape index (κ3) is 4.10. The lowest BCUT2D eigenvalue weighted by Gasteiger charge is -2.38. The Morgan fingerprint density at radius 1 is 1.08 bits per heavy atom. The molecule has 3 saturated heterocycles. The van der Waals surface area contributed by atoms with Gasteiger partial charge in [0.15, 0.2) is 0 Å². The van der Waals surface area contributed by atoms with Crippen LogP contribution in [-0.2, 0) is 0 Å². The van der Waals surface area contributed by atoms with Crippen molar-refractivity contribution in [2.75, 3.05) is 26.7 Å². The number of hydrogen-bond acceptors (Lipinski definition) is 2. The number of nitrogens with one attached hydrogen (secondary N) is 1. The van der Waals surface area contributed by atoms with Gasteiger partial charge in [-0.25, -0.2) is 0 Å². The number of hydrogen-bond donors (Lipinski definition) is 1. The van der Waals surface area contributed by atoms with Gasteiger partial charge in [-0.3, -0.25) is 0 Å². The summed E-state index contributed by atoms with van der Waals surface area (Å²) in [7, 11) is 1.95. The summed E-state index contributed by atoms with van der Waals surface area (Å²) in [5.41, 5.74) is 0. The van der Waals surface area contributed by atoms with Crippen LogP contribution in [0.5, 0.6) is 0 Å². The van der Waals surface area contributed by atoms with E-state index in [0.29, 0.717) is 6.04 Å². The summed E-state index contributed by atoms with van der Waals surface area (Å²) in [4.78, 5) is 2.58. The van der Waals surface area contributed by atoms with Crippen molar-refractivity contribution in [3.8, 4) is 0 Å². The maximum absolute atomic E-state index is 3.03. The molecule has 2 heteroatoms. The Labute approximate surface area is 82.7 Å². The Morgan fingerprint density at radius 3 is 1.54 bits per heavy atom. The molecule has 2 bridgehead atoms. The fourth-order valence-corrected chi connectivity index (χ4v) is 1.86. The first-order valence-corrected chi connectivity index (χ1v) is 5.62. The molecule has 2 nitrogen and oxygen atoms in total. The van der Waals surface area contributed by atoms with Crippen LogP contribution < -0.4 is 5.32 Å². The fourth-order valence-electron chi connectivity index (χ4n) is 1.86. The van der Waals surface area contributed by atoms with E-state index in [2.05, 4.69) is 24.1 Å². The van der Waals surface area contributed by atoms with Crippen LogP contribution in [0.4, 0.5) is 0 Å². The van der Waals surface area contributed by atoms with Gasteiger partial charge in [-0.15, -0.1) is 0 Å². The Bertz CT molecular complexity index is 103. The van der Waals surface area contributed by atoms with Crippen LogP contribution in [0, 0.1) is 5.92 Å². The molecule has 3 fully saturated rings. The summed E-state index contributed by atoms with van der Waals surface area (Å²) in [6, 6.07) is 0.634. The highest BCUT2D eigenvalue weighted by molar-refractivity contribution is 4.78. The summed E-state index contributed by atoms with van der Waals surface area (Å²) >= 11 is 0. The first kappa shape index (κ1) is 11.0. The number of fused-ring (bicyclic) bond motifs is 3. The van der Waals surface area contributed by atoms with Gasteiger partial charge >= 0.3 is 0 Å². The standard InChI is InChI=1S/C7H13N.C4H11N/c1-4-8-5-2-7(1)3-6-8;1-4(2)5-3/h7H,1-6H2;4-5H,1-3H3. The van der Waals surface area contributed by atoms with Gasteiger partial charge < -0.3 is 10.2 Å². The van der Waals surface area contributed by atoms with Gasteiger partial charge in [0, 0.05) is 6.04 Å². The van der Waals surface area contributed by atoms with E-state index in [4.69, 9.17) is 0 Å². The van der Waals surface area contributed by atoms with Crippen LogP contribution >= 0.6 is 0 Å². The second kappa shape index (κ2) is 5.61. The summed E-state index contributed by atoms with van der Waals surface area (Å²) in [6.45, 7) is 8.40. The van der Waals surface area contributed by atoms with Crippen LogP contribution in [0.2, 0.25) is 0 Å². The summed E-state index contributed by atoms with van der Waals surface area (Å²) in [6.07, 6.45) is 4.46. The quantitative estimate of drug-likeness (QED) is 0.667. The van der Waals surface area contributed by atoms with Crippen molar-refractivity contribution >= 4 is 0 Å². The molecular formula is C11H24N2. The van der Waals surface area contributed by atoms with Crippen molar-refractivity contribution in [3.63, 3.8) is 0 Å². The largest absolute Gasteiger partial charge is 0.318 e. The van der Waals surface area contributed by atoms with E-state index in [-0.39, 0.29) is 0 Å². The number of piperidine rings is 3. The van der Waals surface area contributed by atoms with Gasteiger partial charge in [-0.1, -0.05) is 13.8 Å². The zero-order valence-electron chi connectivity index (χ0n) is 9.34. The third-order valence-electron chi connectivity index (χ3n) is 3.14. The molecule has 0 amide bonds. The summed E-state index contributed by atoms with van der Waals surface area (Å²) < 4.78 is 0. The summed E-state index contributed by atoms with van der Waals surface area (Å²) in [5.74, 6) is 1.11. The molecule has 3 aliphatic rings. The predicted molar refractivity (Wildman–Crippen MR) is 58.0 cm³/mol. The lowest BCUT2D eigenvalue weighted by Crippen LogP contribution is -2.41. The lowest BCUT2D eigenvalue weighted by atomic mass is 9.89. The predicted octanol–water partition coefficient (Wildman–Crippen LogP) is 1.72. The molecule has 0 radical (unpaired) electrons. The van der Waals surface area contributed by atoms with Crippen LogP contribution in [0.25, 0.3) is 0 Å². The van der Waals surface area contributed by atoms with Gasteiger partial charge in [0.1, 0.15) is 0 Å². The lowest BCUT2D eigenvalue weighted by molar-refractivity contribution is 0.111. The molecule has 3 rings (SSSR count). The van der Waals surface area contributed by atoms with Gasteiger partial charge in [-0.05, 0) is 51.9 Å². The molecule has 13 heavy (non-hydrogen) atoms. The van der Waals surface area contributed by atoms with E-state index in [0.717, 1.165) is 5.92 Å². The molecule has 3 heterocycles. The maximum Gasteiger partial charge on any atom is 0.000733 e. The average molecular weight is 184 g/mol. The fraction of sp³-hybridized carbons (Fsp3) is 1.00. The normalized spacial score (nSPS) is 31.4. The molecule has 78 valence electrons. The smallest absolute Gasteiger partial charge is 0.000733 e. The monoisotopic (exact) mass is 184 g/mol. The van der Waals surface area contributed by atoms with Crippen LogP contribution in [0.15, 0.2) is 0 Å². The molecular weight excluding hydrogens is 160 g/mol. The molecule has 0 aromatic carbocycles. The molecule has 0 spiro atoms. The number of rotatable bonds is 1. The van der Waals surface area contributed by atoms with Crippen molar-refractivity contribution in [1.82, 2.24) is 10.2 Å². The first-order chi connectivity index (χ1) is 6.22. The molecule has 3 aliphatic heterocycles. The zero-order chi connectivity index (χ0) is 9.68. The topological polar surface area (TPSA) is 15.3 Å². The van der Waals surface area contributed by atoms with Crippen molar-refractivity contribution in [3.05, 3.63) is 0 Å². The minimum atomic E-state index is 0.634. The second-order valence-electron chi connectivity index (χ2n) is 4.52. The van der Waals surface area contributed by atoms with Gasteiger partial charge in [0.25, 0.3) is 0 Å². The van der Waals surface area contributed by atoms with E-state index in [9.17, 15) is 0 Å². The van der Waals surface area contributed by atoms with Crippen LogP contribution in [0.1, 0.15) is 33.1 Å². The highest BCUT2D eigenvalue weighted by Gasteiger charge is 2.24. The van der Waals surface area contributed by atoms with Crippen molar-refractivity contribution in [2.45, 2.75) is 39.2 Å². The van der Waals surface area contributed by atoms with E-state index < -0.39 is 0 Å². The van der Waals surface area contributed by atoms with E-state index >= 15 is 0 Å². The highest BCUT2D eigenvalue weighted by Crippen LogP contribution is 2.26. The SMILES string of the molecule is C1CN2CCC1CC2.CNC(C)C. The van der Waals surface area contributed by atoms with Gasteiger partial charge in [0.2, 0.25) is 0 Å². The molecule has 0 aromatic heterocycles. The summed E-state index contributed by atoms with van der Waals surface area (Å²) in [5, 5.41) is 3.03. The van der Waals surface area contributed by atoms with Crippen molar-refractivity contribution in [1.29, 1.82) is 0 Å². The molecule has 0 saturated carbocycles. The van der Waals surface area contributed by atoms with Crippen LogP contribution in [-0.4, -0.2) is 37.6 Å². The second-order valence-corrected chi connectivity index (χ2v) is 4.52. The zero-order valence-corrected chi connectivity index (χ0v) is 9.34. The Morgan fingerprint density at radius 2 is 1.46 bits per heavy atom. The molecule has 1 N–H and O–H groups in total. The minimum absolute atomic E-state index is 0.634. The third-order valence-corrected chi connectivity index (χ3v) is 3.14. The van der Waals surface area contributed by atoms with E-state index in [1.165, 1.54) is 38.9 Å². The van der Waals surface area contributed by atoms with E-state index in [1.54, 1.807) is 0 Å². The van der Waals surface area contributed by atoms with Crippen molar-refractivity contribution in [2.24, 2.45) is 5.92 Å². The Balaban J connectivity index is 0.000000149. The van der Waals surface area contributed by atoms with E-state index in [1.807, 2.05) is 7.05 Å². The molecule has 0 atom stereocenters. The van der Waals surface area contributed by atoms with Crippen LogP contribution in [0.3, 0.4) is 0 Å². The molecule has 0 unspecified atom stereocenters. The minimum Gasteiger partial charge on any atom is -0.318 e. The highest BCUT2D eigenvalue weighted by atomic mass is 15.1. The van der Waals surface area contributed by atoms with Gasteiger partial charge in [0.05, 0.1) is 0 Å². The maximum atomic E-state index is 3.03. The molecule has 0 aromatic rings. The van der Waals surface area contributed by atoms with Gasteiger partial charge in [-0.2, -0.15) is 0 Å². The average Bonchev–Trinajstić information content (AvgIpc) is 2.21. The Kier molecular flexibility index (Phi) is 4.74. The Hall–Kier alpha value is -0.0800. The number of nitrogens with zero attached hydrogens (tertiary/aromatic N) is 1.